The molecule has 3 aromatic rings. The fourth-order valence-electron chi connectivity index (χ4n) is 6.42. The largest absolute Gasteiger partial charge is 0.484 e. The number of carbonyl (C=O) groups excluding carboxylic acids is 3. The molecule has 10 nitrogen and oxygen atoms in total. The van der Waals surface area contributed by atoms with Crippen molar-refractivity contribution >= 4 is 29.4 Å². The lowest BCUT2D eigenvalue weighted by Gasteiger charge is -2.48. The van der Waals surface area contributed by atoms with Gasteiger partial charge in [-0.05, 0) is 84.8 Å². The Labute approximate surface area is 284 Å². The van der Waals surface area contributed by atoms with Gasteiger partial charge in [-0.1, -0.05) is 56.4 Å². The van der Waals surface area contributed by atoms with Crippen LogP contribution in [0.2, 0.25) is 0 Å². The highest BCUT2D eigenvalue weighted by molar-refractivity contribution is 6.03. The first kappa shape index (κ1) is 34.0. The van der Waals surface area contributed by atoms with Crippen LogP contribution in [0.15, 0.2) is 72.8 Å². The summed E-state index contributed by atoms with van der Waals surface area (Å²) in [5.41, 5.74) is 1.80. The van der Waals surface area contributed by atoms with Gasteiger partial charge in [0.25, 0.3) is 5.91 Å². The number of amides is 3. The highest BCUT2D eigenvalue weighted by atomic mass is 19.1. The third-order valence-electron chi connectivity index (χ3n) is 9.05. The number of aliphatic hydroxyl groups is 1. The summed E-state index contributed by atoms with van der Waals surface area (Å²) >= 11 is 0. The van der Waals surface area contributed by atoms with Crippen molar-refractivity contribution in [2.75, 3.05) is 18.1 Å². The Morgan fingerprint density at radius 2 is 1.55 bits per heavy atom. The van der Waals surface area contributed by atoms with Crippen LogP contribution in [0.3, 0.4) is 0 Å². The van der Waals surface area contributed by atoms with Gasteiger partial charge in [-0.25, -0.2) is 13.6 Å². The molecule has 2 aliphatic rings. The fourth-order valence-corrected chi connectivity index (χ4v) is 6.42. The van der Waals surface area contributed by atoms with Gasteiger partial charge in [0.1, 0.15) is 23.4 Å². The van der Waals surface area contributed by atoms with Crippen LogP contribution in [-0.4, -0.2) is 53.1 Å². The zero-order valence-electron chi connectivity index (χ0n) is 27.9. The number of hydrogen-bond acceptors (Lipinski definition) is 6. The van der Waals surface area contributed by atoms with E-state index in [1.54, 1.807) is 29.2 Å². The molecule has 0 spiro atoms. The molecule has 5 rings (SSSR count). The summed E-state index contributed by atoms with van der Waals surface area (Å²) in [6, 6.07) is 16.2. The normalized spacial score (nSPS) is 19.9. The molecule has 1 saturated heterocycles. The number of carboxylic acids is 1. The van der Waals surface area contributed by atoms with Crippen molar-refractivity contribution in [3.8, 4) is 5.75 Å². The number of anilines is 1. The number of rotatable bonds is 15. The van der Waals surface area contributed by atoms with Gasteiger partial charge in [0.05, 0.1) is 24.6 Å². The van der Waals surface area contributed by atoms with Crippen molar-refractivity contribution in [1.29, 1.82) is 0 Å². The lowest BCUT2D eigenvalue weighted by atomic mass is 9.78. The zero-order valence-corrected chi connectivity index (χ0v) is 26.9. The maximum Gasteiger partial charge on any atom is 0.326 e. The number of ether oxygens (including phenoxy) is 1. The number of carbonyl (C=O) groups is 4. The van der Waals surface area contributed by atoms with Gasteiger partial charge in [0.15, 0.2) is 6.61 Å². The molecule has 1 saturated carbocycles. The third kappa shape index (κ3) is 9.41. The molecule has 0 radical (unpaired) electrons. The zero-order chi connectivity index (χ0) is 35.8. The van der Waals surface area contributed by atoms with E-state index in [4.69, 9.17) is 6.11 Å². The van der Waals surface area contributed by atoms with Crippen molar-refractivity contribution in [1.82, 2.24) is 10.6 Å². The summed E-state index contributed by atoms with van der Waals surface area (Å²) in [5.74, 6) is -4.61. The summed E-state index contributed by atoms with van der Waals surface area (Å²) in [4.78, 5) is 51.5. The predicted octanol–water partition coefficient (Wildman–Crippen LogP) is 5.22. The number of aliphatic carboxylic acids is 1. The quantitative estimate of drug-likeness (QED) is 0.161. The lowest BCUT2D eigenvalue weighted by molar-refractivity contribution is -0.142. The van der Waals surface area contributed by atoms with Crippen molar-refractivity contribution in [3.05, 3.63) is 95.6 Å². The number of carboxylic acid groups (broad SMARTS) is 1. The van der Waals surface area contributed by atoms with Crippen molar-refractivity contribution < 1.29 is 44.3 Å². The van der Waals surface area contributed by atoms with E-state index in [0.29, 0.717) is 36.3 Å². The van der Waals surface area contributed by atoms with Crippen molar-refractivity contribution in [2.24, 2.45) is 11.8 Å². The average molecular weight is 679 g/mol. The van der Waals surface area contributed by atoms with Crippen molar-refractivity contribution in [2.45, 2.75) is 69.6 Å². The average Bonchev–Trinajstić information content (AvgIpc) is 3.10. The first-order chi connectivity index (χ1) is 23.9. The second kappa shape index (κ2) is 16.5. The Balaban J connectivity index is 1.15. The third-order valence-corrected chi connectivity index (χ3v) is 9.05. The smallest absolute Gasteiger partial charge is 0.326 e. The number of halogens is 2. The number of hydrogen-bond donors (Lipinski definition) is 4. The molecule has 260 valence electrons. The molecule has 49 heavy (non-hydrogen) atoms. The number of nitrogens with one attached hydrogen (secondary N) is 2. The van der Waals surface area contributed by atoms with Gasteiger partial charge < -0.3 is 30.5 Å². The molecule has 4 N–H and O–H groups in total. The Morgan fingerprint density at radius 3 is 2.18 bits per heavy atom. The fraction of sp³-hybridized carbons (Fsp3) is 0.405. The number of aliphatic hydroxyl groups excluding tert-OH is 1. The SMILES string of the molecule is [2H]C1(C[C@H](NC(=O)CNC(=O)COc2ccc([C@@H]3[C@@H](CC[C@H](O)c4ccc(F)cc4)C(=O)N3c3ccc(F)cc3)cc2)C(=O)O)CCCCC1. The van der Waals surface area contributed by atoms with E-state index in [2.05, 4.69) is 10.6 Å². The first-order valence-electron chi connectivity index (χ1n) is 17.0. The lowest BCUT2D eigenvalue weighted by Crippen LogP contribution is -2.55. The van der Waals surface area contributed by atoms with Crippen LogP contribution in [0.4, 0.5) is 14.5 Å². The maximum absolute atomic E-state index is 13.6. The van der Waals surface area contributed by atoms with Gasteiger partial charge in [-0.15, -0.1) is 0 Å². The monoisotopic (exact) mass is 678 g/mol. The van der Waals surface area contributed by atoms with Crippen LogP contribution >= 0.6 is 0 Å². The molecule has 1 heterocycles. The summed E-state index contributed by atoms with van der Waals surface area (Å²) < 4.78 is 41.1. The molecule has 0 aromatic heterocycles. The predicted molar refractivity (Wildman–Crippen MR) is 176 cm³/mol. The second-order valence-corrected chi connectivity index (χ2v) is 12.5. The Morgan fingerprint density at radius 1 is 0.918 bits per heavy atom. The van der Waals surface area contributed by atoms with E-state index in [-0.39, 0.29) is 18.7 Å². The highest BCUT2D eigenvalue weighted by Gasteiger charge is 2.48. The number of β-lactam (4-membered cyclic amide) rings is 1. The summed E-state index contributed by atoms with van der Waals surface area (Å²) in [6.45, 7) is -0.875. The van der Waals surface area contributed by atoms with Crippen LogP contribution in [-0.2, 0) is 19.2 Å². The van der Waals surface area contributed by atoms with Crippen LogP contribution in [0.1, 0.15) is 76.0 Å². The molecule has 1 aliphatic carbocycles. The summed E-state index contributed by atoms with van der Waals surface area (Å²) in [5, 5.41) is 25.1. The van der Waals surface area contributed by atoms with E-state index >= 15 is 0 Å². The molecule has 0 bridgehead atoms. The Hall–Kier alpha value is -4.84. The highest BCUT2D eigenvalue weighted by Crippen LogP contribution is 2.46. The molecule has 3 amide bonds. The molecular weight excluding hydrogens is 636 g/mol. The summed E-state index contributed by atoms with van der Waals surface area (Å²) in [7, 11) is 0. The van der Waals surface area contributed by atoms with Crippen LogP contribution in [0.25, 0.3) is 0 Å². The molecule has 0 unspecified atom stereocenters. The van der Waals surface area contributed by atoms with Crippen molar-refractivity contribution in [3.63, 3.8) is 0 Å². The molecule has 1 aliphatic heterocycles. The van der Waals surface area contributed by atoms with E-state index in [1.165, 1.54) is 48.5 Å². The summed E-state index contributed by atoms with van der Waals surface area (Å²) in [6.07, 6.45) is 3.56. The van der Waals surface area contributed by atoms with Crippen LogP contribution < -0.4 is 20.3 Å². The first-order valence-corrected chi connectivity index (χ1v) is 16.5. The maximum atomic E-state index is 13.6. The van der Waals surface area contributed by atoms with Gasteiger partial charge in [0, 0.05) is 7.06 Å². The van der Waals surface area contributed by atoms with Crippen LogP contribution in [0.5, 0.6) is 5.75 Å². The van der Waals surface area contributed by atoms with E-state index in [1.807, 2.05) is 0 Å². The molecule has 2 fully saturated rings. The number of nitrogens with zero attached hydrogens (tertiary/aromatic N) is 1. The molecule has 3 aromatic carbocycles. The van der Waals surface area contributed by atoms with E-state index < -0.39 is 72.6 Å². The molecular formula is C37H41F2N3O7. The van der Waals surface area contributed by atoms with Gasteiger partial charge >= 0.3 is 5.97 Å². The second-order valence-electron chi connectivity index (χ2n) is 12.5. The minimum Gasteiger partial charge on any atom is -0.484 e. The Bertz CT molecular complexity index is 1650. The van der Waals surface area contributed by atoms with Crippen LogP contribution in [0, 0.1) is 23.4 Å². The minimum atomic E-state index is -1.23. The minimum absolute atomic E-state index is 0.00347. The van der Waals surface area contributed by atoms with E-state index in [9.17, 15) is 38.2 Å². The standard InChI is InChI=1S/C37H41F2N3O7/c38-26-10-6-24(7-11-26)32(43)19-18-30-35(42(36(30)46)28-14-12-27(39)13-15-28)25-8-16-29(17-9-25)49-22-34(45)40-21-33(44)41-31(37(47)48)20-23-4-2-1-3-5-23/h6-17,23,30-32,35,43H,1-5,18-22H2,(H,40,45)(H,41,44)(H,47,48)/t30-,31+,32+,35-/m1/s1/i23D. The number of benzene rings is 3. The van der Waals surface area contributed by atoms with Gasteiger partial charge in [0.2, 0.25) is 11.8 Å². The Kier molecular flexibility index (Phi) is 11.5. The van der Waals surface area contributed by atoms with Gasteiger partial charge in [-0.3, -0.25) is 14.4 Å². The molecule has 12 heteroatoms. The molecule has 4 atom stereocenters. The van der Waals surface area contributed by atoms with Gasteiger partial charge in [-0.2, -0.15) is 0 Å². The topological polar surface area (TPSA) is 145 Å². The van der Waals surface area contributed by atoms with E-state index in [0.717, 1.165) is 24.8 Å².